The molecule has 0 saturated carbocycles. The molecule has 0 bridgehead atoms. The summed E-state index contributed by atoms with van der Waals surface area (Å²) >= 11 is 6.64. The van der Waals surface area contributed by atoms with Crippen LogP contribution in [0.25, 0.3) is 0 Å². The molecule has 0 fully saturated rings. The predicted octanol–water partition coefficient (Wildman–Crippen LogP) is 4.32. The van der Waals surface area contributed by atoms with Crippen molar-refractivity contribution in [1.29, 1.82) is 0 Å². The Balaban J connectivity index is 2.07. The summed E-state index contributed by atoms with van der Waals surface area (Å²) in [6.07, 6.45) is 0.688. The Kier molecular flexibility index (Phi) is 5.94. The van der Waals surface area contributed by atoms with Gasteiger partial charge in [-0.25, -0.2) is 4.39 Å². The fraction of sp³-hybridized carbons (Fsp3) is 0.188. The van der Waals surface area contributed by atoms with Crippen molar-refractivity contribution in [1.82, 2.24) is 5.32 Å². The zero-order valence-electron chi connectivity index (χ0n) is 11.2. The summed E-state index contributed by atoms with van der Waals surface area (Å²) in [5.74, 6) is -0.932. The number of amides is 1. The number of halogens is 3. The standard InChI is InChI=1S/C16H14Br2FNO/c17-10-13(8-11-4-2-1-3-5-11)20-16(21)14-9-12(18)6-7-15(14)19/h1-7,9,13H,8,10H2,(H,20,21). The third-order valence-electron chi connectivity index (χ3n) is 3.02. The molecule has 0 radical (unpaired) electrons. The molecule has 0 aliphatic rings. The Bertz CT molecular complexity index is 619. The molecule has 21 heavy (non-hydrogen) atoms. The first-order chi connectivity index (χ1) is 10.1. The van der Waals surface area contributed by atoms with Crippen LogP contribution in [0.2, 0.25) is 0 Å². The van der Waals surface area contributed by atoms with E-state index in [9.17, 15) is 9.18 Å². The highest BCUT2D eigenvalue weighted by atomic mass is 79.9. The van der Waals surface area contributed by atoms with Gasteiger partial charge in [0, 0.05) is 15.8 Å². The number of benzene rings is 2. The van der Waals surface area contributed by atoms with Crippen molar-refractivity contribution in [2.75, 3.05) is 5.33 Å². The smallest absolute Gasteiger partial charge is 0.254 e. The number of carbonyl (C=O) groups is 1. The maximum Gasteiger partial charge on any atom is 0.254 e. The fourth-order valence-electron chi connectivity index (χ4n) is 1.98. The highest BCUT2D eigenvalue weighted by Gasteiger charge is 2.16. The minimum Gasteiger partial charge on any atom is -0.348 e. The highest BCUT2D eigenvalue weighted by Crippen LogP contribution is 2.16. The van der Waals surface area contributed by atoms with Crippen LogP contribution in [0.15, 0.2) is 53.0 Å². The van der Waals surface area contributed by atoms with Gasteiger partial charge in [-0.05, 0) is 30.2 Å². The van der Waals surface area contributed by atoms with E-state index in [-0.39, 0.29) is 11.6 Å². The number of hydrogen-bond donors (Lipinski definition) is 1. The summed E-state index contributed by atoms with van der Waals surface area (Å²) in [7, 11) is 0. The lowest BCUT2D eigenvalue weighted by atomic mass is 10.1. The normalized spacial score (nSPS) is 12.0. The Labute approximate surface area is 140 Å². The molecule has 0 heterocycles. The van der Waals surface area contributed by atoms with Crippen molar-refractivity contribution < 1.29 is 9.18 Å². The minimum absolute atomic E-state index is 0.0448. The average molecular weight is 415 g/mol. The van der Waals surface area contributed by atoms with Crippen LogP contribution in [0.1, 0.15) is 15.9 Å². The van der Waals surface area contributed by atoms with Crippen LogP contribution < -0.4 is 5.32 Å². The van der Waals surface area contributed by atoms with Gasteiger partial charge >= 0.3 is 0 Å². The van der Waals surface area contributed by atoms with Crippen molar-refractivity contribution in [3.05, 3.63) is 69.9 Å². The number of rotatable bonds is 5. The summed E-state index contributed by atoms with van der Waals surface area (Å²) in [5.41, 5.74) is 1.17. The lowest BCUT2D eigenvalue weighted by molar-refractivity contribution is 0.0937. The third-order valence-corrected chi connectivity index (χ3v) is 4.29. The van der Waals surface area contributed by atoms with Gasteiger partial charge in [0.05, 0.1) is 5.56 Å². The van der Waals surface area contributed by atoms with Crippen LogP contribution in [0.4, 0.5) is 4.39 Å². The van der Waals surface area contributed by atoms with Crippen LogP contribution in [0.5, 0.6) is 0 Å². The van der Waals surface area contributed by atoms with E-state index in [0.29, 0.717) is 16.2 Å². The van der Waals surface area contributed by atoms with E-state index >= 15 is 0 Å². The van der Waals surface area contributed by atoms with E-state index in [1.807, 2.05) is 30.3 Å². The van der Waals surface area contributed by atoms with Crippen LogP contribution in [-0.2, 0) is 6.42 Å². The topological polar surface area (TPSA) is 29.1 Å². The number of alkyl halides is 1. The zero-order valence-corrected chi connectivity index (χ0v) is 14.3. The van der Waals surface area contributed by atoms with E-state index in [1.54, 1.807) is 6.07 Å². The number of carbonyl (C=O) groups excluding carboxylic acids is 1. The molecule has 0 saturated heterocycles. The molecule has 0 spiro atoms. The van der Waals surface area contributed by atoms with Crippen molar-refractivity contribution >= 4 is 37.8 Å². The Morgan fingerprint density at radius 1 is 1.19 bits per heavy atom. The van der Waals surface area contributed by atoms with E-state index in [2.05, 4.69) is 37.2 Å². The van der Waals surface area contributed by atoms with E-state index < -0.39 is 11.7 Å². The molecule has 1 N–H and O–H groups in total. The Morgan fingerprint density at radius 2 is 1.90 bits per heavy atom. The van der Waals surface area contributed by atoms with Crippen molar-refractivity contribution in [3.63, 3.8) is 0 Å². The van der Waals surface area contributed by atoms with Gasteiger partial charge in [-0.2, -0.15) is 0 Å². The first kappa shape index (κ1) is 16.2. The lowest BCUT2D eigenvalue weighted by Crippen LogP contribution is -2.38. The zero-order chi connectivity index (χ0) is 15.2. The summed E-state index contributed by atoms with van der Waals surface area (Å²) in [4.78, 5) is 12.2. The number of hydrogen-bond acceptors (Lipinski definition) is 1. The van der Waals surface area contributed by atoms with Gasteiger partial charge in [0.2, 0.25) is 0 Å². The molecule has 0 aliphatic heterocycles. The summed E-state index contributed by atoms with van der Waals surface area (Å²) in [6.45, 7) is 0. The molecule has 110 valence electrons. The van der Waals surface area contributed by atoms with Crippen LogP contribution in [0, 0.1) is 5.82 Å². The molecule has 5 heteroatoms. The van der Waals surface area contributed by atoms with Gasteiger partial charge in [-0.15, -0.1) is 0 Å². The highest BCUT2D eigenvalue weighted by molar-refractivity contribution is 9.10. The Hall–Kier alpha value is -1.20. The van der Waals surface area contributed by atoms with E-state index in [4.69, 9.17) is 0 Å². The van der Waals surface area contributed by atoms with Crippen LogP contribution in [0.3, 0.4) is 0 Å². The summed E-state index contributed by atoms with van der Waals surface area (Å²) in [5, 5.41) is 3.45. The second-order valence-corrected chi connectivity index (χ2v) is 6.20. The van der Waals surface area contributed by atoms with Gasteiger partial charge in [0.1, 0.15) is 5.82 Å². The van der Waals surface area contributed by atoms with E-state index in [0.717, 1.165) is 5.56 Å². The quantitative estimate of drug-likeness (QED) is 0.725. The van der Waals surface area contributed by atoms with Crippen LogP contribution in [-0.4, -0.2) is 17.3 Å². The summed E-state index contributed by atoms with van der Waals surface area (Å²) < 4.78 is 14.4. The lowest BCUT2D eigenvalue weighted by Gasteiger charge is -2.16. The van der Waals surface area contributed by atoms with Crippen LogP contribution >= 0.6 is 31.9 Å². The van der Waals surface area contributed by atoms with Gasteiger partial charge in [0.25, 0.3) is 5.91 Å². The molecule has 2 rings (SSSR count). The molecule has 2 aromatic rings. The molecule has 1 amide bonds. The largest absolute Gasteiger partial charge is 0.348 e. The van der Waals surface area contributed by atoms with Gasteiger partial charge in [0.15, 0.2) is 0 Å². The third kappa shape index (κ3) is 4.64. The first-order valence-electron chi connectivity index (χ1n) is 6.46. The van der Waals surface area contributed by atoms with Crippen molar-refractivity contribution in [3.8, 4) is 0 Å². The second kappa shape index (κ2) is 7.71. The van der Waals surface area contributed by atoms with Gasteiger partial charge in [-0.3, -0.25) is 4.79 Å². The number of nitrogens with one attached hydrogen (secondary N) is 1. The second-order valence-electron chi connectivity index (χ2n) is 4.64. The van der Waals surface area contributed by atoms with E-state index in [1.165, 1.54) is 12.1 Å². The maximum atomic E-state index is 13.7. The summed E-state index contributed by atoms with van der Waals surface area (Å²) in [6, 6.07) is 14.1. The molecule has 1 unspecified atom stereocenters. The minimum atomic E-state index is -0.524. The monoisotopic (exact) mass is 413 g/mol. The maximum absolute atomic E-state index is 13.7. The molecule has 1 atom stereocenters. The molecular formula is C16H14Br2FNO. The molecule has 2 aromatic carbocycles. The fourth-order valence-corrected chi connectivity index (χ4v) is 2.73. The Morgan fingerprint density at radius 3 is 2.57 bits per heavy atom. The van der Waals surface area contributed by atoms with Gasteiger partial charge in [-0.1, -0.05) is 62.2 Å². The predicted molar refractivity (Wildman–Crippen MR) is 89.3 cm³/mol. The molecule has 0 aromatic heterocycles. The average Bonchev–Trinajstić information content (AvgIpc) is 2.50. The first-order valence-corrected chi connectivity index (χ1v) is 8.37. The van der Waals surface area contributed by atoms with Crippen molar-refractivity contribution in [2.45, 2.75) is 12.5 Å². The SMILES string of the molecule is O=C(NC(CBr)Cc1ccccc1)c1cc(Br)ccc1F. The molecule has 0 aliphatic carbocycles. The van der Waals surface area contributed by atoms with Gasteiger partial charge < -0.3 is 5.32 Å². The molecular weight excluding hydrogens is 401 g/mol. The van der Waals surface area contributed by atoms with Crippen molar-refractivity contribution in [2.24, 2.45) is 0 Å². The molecule has 2 nitrogen and oxygen atoms in total.